The summed E-state index contributed by atoms with van der Waals surface area (Å²) in [6, 6.07) is 47.7. The van der Waals surface area contributed by atoms with E-state index in [1.165, 1.54) is 0 Å². The Labute approximate surface area is 332 Å². The molecule has 0 unspecified atom stereocenters. The molecular formula is C46H46N6O3S. The maximum atomic E-state index is 13.5. The van der Waals surface area contributed by atoms with Crippen LogP contribution in [0, 0.1) is 0 Å². The Kier molecular flexibility index (Phi) is 11.4. The summed E-state index contributed by atoms with van der Waals surface area (Å²) in [5.41, 5.74) is 4.67. The standard InChI is InChI=1S/C46H46N6O3S/c1-5-55-43(53)42-40(29-30-44(2,3)54)47-41(32-56-4)52(42)31-33-25-27-34(28-26-33)38-23-15-16-24-39(38)46(48-50-51-49-46)45(35-17-9-6-10-18-35,36-19-11-7-12-20-36)37-21-13-8-14-22-37/h6-28,54H,5,29-32H2,1-4H3. The van der Waals surface area contributed by atoms with E-state index in [1.54, 1.807) is 32.5 Å². The lowest BCUT2D eigenvalue weighted by Crippen LogP contribution is -2.48. The van der Waals surface area contributed by atoms with E-state index in [9.17, 15) is 9.90 Å². The predicted octanol–water partition coefficient (Wildman–Crippen LogP) is 10.4. The smallest absolute Gasteiger partial charge is 0.356 e. The fourth-order valence-electron chi connectivity index (χ4n) is 7.82. The van der Waals surface area contributed by atoms with E-state index in [2.05, 4.69) is 83.2 Å². The fraction of sp³-hybridized carbons (Fsp3) is 0.261. The second-order valence-corrected chi connectivity index (χ2v) is 15.4. The van der Waals surface area contributed by atoms with Gasteiger partial charge in [-0.3, -0.25) is 0 Å². The quantitative estimate of drug-likeness (QED) is 0.0826. The molecule has 9 nitrogen and oxygen atoms in total. The van der Waals surface area contributed by atoms with Gasteiger partial charge in [-0.2, -0.15) is 11.8 Å². The fourth-order valence-corrected chi connectivity index (χ4v) is 8.30. The van der Waals surface area contributed by atoms with Crippen LogP contribution < -0.4 is 0 Å². The first-order valence-corrected chi connectivity index (χ1v) is 20.3. The van der Waals surface area contributed by atoms with E-state index in [-0.39, 0.29) is 6.61 Å². The third kappa shape index (κ3) is 7.34. The molecule has 2 heterocycles. The number of carbonyl (C=O) groups is 1. The molecule has 0 fully saturated rings. The highest BCUT2D eigenvalue weighted by atomic mass is 32.2. The van der Waals surface area contributed by atoms with Gasteiger partial charge in [0.1, 0.15) is 5.82 Å². The van der Waals surface area contributed by atoms with Crippen LogP contribution >= 0.6 is 11.8 Å². The molecular weight excluding hydrogens is 717 g/mol. The number of aliphatic hydroxyl groups is 1. The molecule has 0 atom stereocenters. The third-order valence-electron chi connectivity index (χ3n) is 10.3. The van der Waals surface area contributed by atoms with Crippen LogP contribution in [0.5, 0.6) is 0 Å². The van der Waals surface area contributed by atoms with Gasteiger partial charge in [0.2, 0.25) is 5.66 Å². The zero-order valence-electron chi connectivity index (χ0n) is 32.2. The molecule has 5 aromatic carbocycles. The molecule has 0 saturated carbocycles. The largest absolute Gasteiger partial charge is 0.461 e. The topological polar surface area (TPSA) is 114 Å². The Hall–Kier alpha value is -5.71. The number of hydrogen-bond donors (Lipinski definition) is 1. The summed E-state index contributed by atoms with van der Waals surface area (Å²) in [6.45, 7) is 6.01. The number of aromatic nitrogens is 2. The van der Waals surface area contributed by atoms with Crippen molar-refractivity contribution in [3.05, 3.63) is 185 Å². The summed E-state index contributed by atoms with van der Waals surface area (Å²) >= 11 is 1.64. The lowest BCUT2D eigenvalue weighted by Gasteiger charge is -2.45. The molecule has 0 aliphatic carbocycles. The molecule has 56 heavy (non-hydrogen) atoms. The van der Waals surface area contributed by atoms with Gasteiger partial charge < -0.3 is 14.4 Å². The number of rotatable bonds is 15. The van der Waals surface area contributed by atoms with Crippen molar-refractivity contribution in [1.82, 2.24) is 9.55 Å². The van der Waals surface area contributed by atoms with Crippen molar-refractivity contribution in [3.63, 3.8) is 0 Å². The number of carbonyl (C=O) groups excluding carboxylic acids is 1. The molecule has 0 radical (unpaired) electrons. The second-order valence-electron chi connectivity index (χ2n) is 14.5. The Morgan fingerprint density at radius 2 is 1.30 bits per heavy atom. The van der Waals surface area contributed by atoms with Gasteiger partial charge in [-0.05, 0) is 83.7 Å². The van der Waals surface area contributed by atoms with E-state index in [1.807, 2.05) is 77.6 Å². The van der Waals surface area contributed by atoms with Gasteiger partial charge in [0.25, 0.3) is 0 Å². The summed E-state index contributed by atoms with van der Waals surface area (Å²) < 4.78 is 7.51. The zero-order chi connectivity index (χ0) is 39.2. The summed E-state index contributed by atoms with van der Waals surface area (Å²) in [7, 11) is 0. The van der Waals surface area contributed by atoms with E-state index < -0.39 is 22.6 Å². The molecule has 7 rings (SSSR count). The third-order valence-corrected chi connectivity index (χ3v) is 10.9. The Morgan fingerprint density at radius 1 is 0.768 bits per heavy atom. The molecule has 0 spiro atoms. The molecule has 1 N–H and O–H groups in total. The SMILES string of the molecule is CCOC(=O)c1c(CCC(C)(C)O)nc(CSC)n1Cc1ccc(-c2ccccc2C2(C(c3ccccc3)(c3ccccc3)c3ccccc3)N=NN=N2)cc1. The summed E-state index contributed by atoms with van der Waals surface area (Å²) in [5, 5.41) is 29.1. The van der Waals surface area contributed by atoms with Gasteiger partial charge >= 0.3 is 5.97 Å². The summed E-state index contributed by atoms with van der Waals surface area (Å²) in [6.07, 6.45) is 2.93. The average molecular weight is 763 g/mol. The number of hydrogen-bond acceptors (Lipinski definition) is 9. The maximum absolute atomic E-state index is 13.5. The van der Waals surface area contributed by atoms with Crippen molar-refractivity contribution in [2.45, 2.75) is 62.6 Å². The lowest BCUT2D eigenvalue weighted by molar-refractivity contribution is 0.0507. The van der Waals surface area contributed by atoms with Gasteiger partial charge in [-0.15, -0.1) is 10.2 Å². The van der Waals surface area contributed by atoms with Crippen molar-refractivity contribution in [3.8, 4) is 11.1 Å². The number of benzene rings is 5. The molecule has 0 amide bonds. The maximum Gasteiger partial charge on any atom is 0.356 e. The van der Waals surface area contributed by atoms with Crippen LogP contribution in [0.2, 0.25) is 0 Å². The number of nitrogens with zero attached hydrogens (tertiary/aromatic N) is 6. The molecule has 284 valence electrons. The predicted molar refractivity (Wildman–Crippen MR) is 222 cm³/mol. The molecule has 1 aliphatic rings. The summed E-state index contributed by atoms with van der Waals surface area (Å²) in [4.78, 5) is 18.4. The molecule has 6 aromatic rings. The van der Waals surface area contributed by atoms with E-state index in [0.29, 0.717) is 36.5 Å². The minimum Gasteiger partial charge on any atom is -0.461 e. The normalized spacial score (nSPS) is 13.6. The van der Waals surface area contributed by atoms with Crippen LogP contribution in [0.1, 0.15) is 77.0 Å². The van der Waals surface area contributed by atoms with Crippen LogP contribution in [-0.4, -0.2) is 39.1 Å². The number of esters is 1. The zero-order valence-corrected chi connectivity index (χ0v) is 33.0. The number of aryl methyl sites for hydroxylation is 1. The first-order valence-electron chi connectivity index (χ1n) is 18.9. The number of ether oxygens (including phenoxy) is 1. The number of thioether (sulfide) groups is 1. The van der Waals surface area contributed by atoms with E-state index in [4.69, 9.17) is 19.9 Å². The van der Waals surface area contributed by atoms with Gasteiger partial charge in [-0.1, -0.05) is 140 Å². The summed E-state index contributed by atoms with van der Waals surface area (Å²) in [5.74, 6) is 1.00. The lowest BCUT2D eigenvalue weighted by atomic mass is 9.59. The average Bonchev–Trinajstić information content (AvgIpc) is 3.85. The Bertz CT molecular complexity index is 2210. The highest BCUT2D eigenvalue weighted by Crippen LogP contribution is 2.58. The van der Waals surface area contributed by atoms with E-state index >= 15 is 0 Å². The van der Waals surface area contributed by atoms with E-state index in [0.717, 1.165) is 44.8 Å². The van der Waals surface area contributed by atoms with Crippen LogP contribution in [0.25, 0.3) is 11.1 Å². The van der Waals surface area contributed by atoms with Crippen molar-refractivity contribution >= 4 is 17.7 Å². The second kappa shape index (κ2) is 16.6. The number of imidazole rings is 1. The van der Waals surface area contributed by atoms with Gasteiger partial charge in [-0.25, -0.2) is 9.78 Å². The first kappa shape index (κ1) is 38.6. The van der Waals surface area contributed by atoms with Crippen molar-refractivity contribution in [2.75, 3.05) is 12.9 Å². The molecule has 1 aliphatic heterocycles. The van der Waals surface area contributed by atoms with Crippen molar-refractivity contribution < 1.29 is 14.6 Å². The molecule has 0 saturated heterocycles. The minimum absolute atomic E-state index is 0.252. The Morgan fingerprint density at radius 3 is 1.82 bits per heavy atom. The highest BCUT2D eigenvalue weighted by Gasteiger charge is 2.60. The first-order chi connectivity index (χ1) is 27.2. The molecule has 0 bridgehead atoms. The van der Waals surface area contributed by atoms with Crippen LogP contribution in [0.3, 0.4) is 0 Å². The van der Waals surface area contributed by atoms with Gasteiger partial charge in [0.05, 0.1) is 29.1 Å². The van der Waals surface area contributed by atoms with Gasteiger partial charge in [0.15, 0.2) is 5.69 Å². The van der Waals surface area contributed by atoms with Crippen molar-refractivity contribution in [1.29, 1.82) is 0 Å². The van der Waals surface area contributed by atoms with Crippen molar-refractivity contribution in [2.24, 2.45) is 20.7 Å². The molecule has 1 aromatic heterocycles. The minimum atomic E-state index is -1.32. The van der Waals surface area contributed by atoms with Crippen LogP contribution in [-0.2, 0) is 34.5 Å². The Balaban J connectivity index is 1.35. The molecule has 10 heteroatoms. The monoisotopic (exact) mass is 762 g/mol. The van der Waals surface area contributed by atoms with Gasteiger partial charge in [0, 0.05) is 12.1 Å². The highest BCUT2D eigenvalue weighted by molar-refractivity contribution is 7.97. The van der Waals surface area contributed by atoms with Crippen LogP contribution in [0.4, 0.5) is 0 Å². The van der Waals surface area contributed by atoms with Crippen LogP contribution in [0.15, 0.2) is 160 Å².